The lowest BCUT2D eigenvalue weighted by Gasteiger charge is -2.40. The largest absolute Gasteiger partial charge is 0.408 e. The Morgan fingerprint density at radius 3 is 2.27 bits per heavy atom. The molecule has 0 spiro atoms. The molecule has 44 heavy (non-hydrogen) atoms. The Bertz CT molecular complexity index is 1180. The molecule has 0 saturated carbocycles. The number of fused-ring (bicyclic) bond motifs is 3. The van der Waals surface area contributed by atoms with Crippen molar-refractivity contribution in [3.8, 4) is 0 Å². The van der Waals surface area contributed by atoms with E-state index in [1.54, 1.807) is 6.33 Å². The maximum atomic E-state index is 6.97. The summed E-state index contributed by atoms with van der Waals surface area (Å²) in [5, 5.41) is 4.34. The minimum absolute atomic E-state index is 0.0298. The number of hydrogen-bond acceptors (Lipinski definition) is 9. The molecule has 2 saturated heterocycles. The maximum Gasteiger partial charge on any atom is 0.192 e. The van der Waals surface area contributed by atoms with E-state index in [9.17, 15) is 0 Å². The van der Waals surface area contributed by atoms with Gasteiger partial charge in [-0.2, -0.15) is 0 Å². The molecule has 10 nitrogen and oxygen atoms in total. The molecule has 2 aliphatic heterocycles. The van der Waals surface area contributed by atoms with Crippen LogP contribution in [0.2, 0.25) is 18.1 Å². The van der Waals surface area contributed by atoms with Gasteiger partial charge in [-0.3, -0.25) is 4.57 Å². The van der Waals surface area contributed by atoms with Crippen molar-refractivity contribution in [1.82, 2.24) is 19.5 Å². The van der Waals surface area contributed by atoms with Gasteiger partial charge in [-0.15, -0.1) is 0 Å². The third kappa shape index (κ3) is 8.58. The van der Waals surface area contributed by atoms with Crippen molar-refractivity contribution in [2.75, 3.05) is 18.9 Å². The van der Waals surface area contributed by atoms with Crippen LogP contribution in [0.5, 0.6) is 0 Å². The van der Waals surface area contributed by atoms with Crippen LogP contribution in [-0.2, 0) is 18.7 Å². The van der Waals surface area contributed by atoms with Crippen LogP contribution in [0.3, 0.4) is 0 Å². The second-order valence-corrected chi connectivity index (χ2v) is 19.1. The molecule has 4 atom stereocenters. The van der Waals surface area contributed by atoms with Crippen molar-refractivity contribution in [2.45, 2.75) is 160 Å². The van der Waals surface area contributed by atoms with Crippen LogP contribution in [0.25, 0.3) is 11.2 Å². The Hall–Kier alpha value is -2.08. The first-order valence-electron chi connectivity index (χ1n) is 17.1. The van der Waals surface area contributed by atoms with E-state index in [2.05, 4.69) is 60.9 Å². The predicted octanol–water partition coefficient (Wildman–Crippen LogP) is 7.95. The van der Waals surface area contributed by atoms with E-state index < -0.39 is 20.1 Å². The summed E-state index contributed by atoms with van der Waals surface area (Å²) in [4.78, 5) is 18.8. The van der Waals surface area contributed by atoms with E-state index in [0.717, 1.165) is 12.8 Å². The Labute approximate surface area is 266 Å². The Balaban J connectivity index is 1.24. The van der Waals surface area contributed by atoms with Gasteiger partial charge >= 0.3 is 0 Å². The lowest BCUT2D eigenvalue weighted by atomic mass is 10.0. The van der Waals surface area contributed by atoms with Crippen LogP contribution in [0.1, 0.15) is 124 Å². The molecular weight excluding hydrogens is 572 g/mol. The topological polar surface area (TPSA) is 119 Å². The fraction of sp³-hybridized carbons (Fsp3) is 0.818. The molecule has 0 aliphatic carbocycles. The summed E-state index contributed by atoms with van der Waals surface area (Å²) in [5.41, 5.74) is 6.42. The van der Waals surface area contributed by atoms with Gasteiger partial charge in [0, 0.05) is 6.21 Å². The highest BCUT2D eigenvalue weighted by molar-refractivity contribution is 6.74. The number of imidazole rings is 1. The first-order valence-corrected chi connectivity index (χ1v) is 20.0. The highest BCUT2D eigenvalue weighted by atomic mass is 28.4. The number of nitrogen functional groups attached to an aromatic ring is 1. The van der Waals surface area contributed by atoms with Crippen molar-refractivity contribution < 1.29 is 18.7 Å². The number of oxime groups is 1. The first kappa shape index (κ1) is 34.8. The highest BCUT2D eigenvalue weighted by Gasteiger charge is 2.65. The Kier molecular flexibility index (Phi) is 12.6. The molecule has 2 bridgehead atoms. The summed E-state index contributed by atoms with van der Waals surface area (Å²) < 4.78 is 21.9. The Morgan fingerprint density at radius 2 is 1.64 bits per heavy atom. The fourth-order valence-electron chi connectivity index (χ4n) is 5.95. The molecular formula is C33H58N6O4Si. The number of nitrogens with zero attached hydrogens (tertiary/aromatic N) is 5. The zero-order valence-corrected chi connectivity index (χ0v) is 29.2. The summed E-state index contributed by atoms with van der Waals surface area (Å²) in [6.07, 6.45) is 22.4. The molecule has 2 fully saturated rings. The third-order valence-corrected chi connectivity index (χ3v) is 14.2. The molecule has 248 valence electrons. The van der Waals surface area contributed by atoms with Crippen molar-refractivity contribution in [2.24, 2.45) is 5.16 Å². The molecule has 4 rings (SSSR count). The SMILES string of the molecule is CCCCCCCCCCCCCCCC=NOC[C@]12COC(C1O[Si](C)(C)C(C)(C)C)[C@H](n1cnc3c(N)ncnc31)O2. The summed E-state index contributed by atoms with van der Waals surface area (Å²) in [6.45, 7) is 14.1. The predicted molar refractivity (Wildman–Crippen MR) is 179 cm³/mol. The van der Waals surface area contributed by atoms with Gasteiger partial charge in [-0.25, -0.2) is 15.0 Å². The van der Waals surface area contributed by atoms with Gasteiger partial charge in [-0.05, 0) is 31.0 Å². The number of rotatable bonds is 20. The maximum absolute atomic E-state index is 6.97. The molecule has 4 heterocycles. The van der Waals surface area contributed by atoms with E-state index in [-0.39, 0.29) is 23.9 Å². The third-order valence-electron chi connectivity index (χ3n) is 9.76. The molecule has 2 aromatic rings. The van der Waals surface area contributed by atoms with Gasteiger partial charge in [0.1, 0.15) is 24.1 Å². The minimum atomic E-state index is -2.15. The lowest BCUT2D eigenvalue weighted by molar-refractivity contribution is -0.191. The van der Waals surface area contributed by atoms with E-state index in [1.807, 2.05) is 10.8 Å². The average molecular weight is 631 g/mol. The molecule has 0 aromatic carbocycles. The van der Waals surface area contributed by atoms with Crippen molar-refractivity contribution in [3.63, 3.8) is 0 Å². The van der Waals surface area contributed by atoms with E-state index in [4.69, 9.17) is 24.5 Å². The Morgan fingerprint density at radius 1 is 1.00 bits per heavy atom. The fourth-order valence-corrected chi connectivity index (χ4v) is 7.29. The number of hydrogen-bond donors (Lipinski definition) is 1. The first-order chi connectivity index (χ1) is 21.1. The van der Waals surface area contributed by atoms with Crippen molar-refractivity contribution in [3.05, 3.63) is 12.7 Å². The lowest BCUT2D eigenvalue weighted by Crippen LogP contribution is -2.53. The number of aromatic nitrogens is 4. The van der Waals surface area contributed by atoms with Crippen molar-refractivity contribution in [1.29, 1.82) is 0 Å². The van der Waals surface area contributed by atoms with E-state index >= 15 is 0 Å². The van der Waals surface area contributed by atoms with Gasteiger partial charge in [0.15, 0.2) is 38.2 Å². The van der Waals surface area contributed by atoms with Crippen LogP contribution < -0.4 is 5.73 Å². The van der Waals surface area contributed by atoms with E-state index in [1.165, 1.54) is 83.4 Å². The van der Waals surface area contributed by atoms with Gasteiger partial charge in [0.2, 0.25) is 0 Å². The quantitative estimate of drug-likeness (QED) is 0.0678. The molecule has 2 aliphatic rings. The normalized spacial score (nSPS) is 23.8. The molecule has 2 aromatic heterocycles. The average Bonchev–Trinajstić information content (AvgIpc) is 3.64. The monoisotopic (exact) mass is 630 g/mol. The standard InChI is InChI=1S/C33H58N6O4Si/c1-7-8-9-10-11-12-13-14-15-16-17-18-19-20-21-38-41-23-33-22-40-27(28(33)43-44(5,6)32(2,3)4)31(42-33)39-25-37-26-29(34)35-24-36-30(26)39/h21,24-25,27-28,31H,7-20,22-23H2,1-6H3,(H2,34,35,36)/t27?,28?,31-,33-/m1/s1. The second kappa shape index (κ2) is 16.0. The molecule has 2 unspecified atom stereocenters. The van der Waals surface area contributed by atoms with Crippen LogP contribution in [0.15, 0.2) is 17.8 Å². The summed E-state index contributed by atoms with van der Waals surface area (Å²) in [5.74, 6) is 0.336. The van der Waals surface area contributed by atoms with Gasteiger partial charge in [-0.1, -0.05) is 110 Å². The van der Waals surface area contributed by atoms with Gasteiger partial charge in [0.05, 0.1) is 12.9 Å². The van der Waals surface area contributed by atoms with Crippen LogP contribution in [0, 0.1) is 0 Å². The summed E-state index contributed by atoms with van der Waals surface area (Å²) in [6, 6.07) is 0. The van der Waals surface area contributed by atoms with Crippen LogP contribution in [0.4, 0.5) is 5.82 Å². The zero-order valence-electron chi connectivity index (χ0n) is 28.2. The number of unbranched alkanes of at least 4 members (excludes halogenated alkanes) is 13. The van der Waals surface area contributed by atoms with Crippen LogP contribution in [-0.4, -0.2) is 65.1 Å². The molecule has 0 amide bonds. The zero-order chi connectivity index (χ0) is 31.6. The number of nitrogens with two attached hydrogens (primary N) is 1. The second-order valence-electron chi connectivity index (χ2n) is 14.3. The summed E-state index contributed by atoms with van der Waals surface area (Å²) >= 11 is 0. The molecule has 0 radical (unpaired) electrons. The minimum Gasteiger partial charge on any atom is -0.408 e. The van der Waals surface area contributed by atoms with Crippen LogP contribution >= 0.6 is 0 Å². The smallest absolute Gasteiger partial charge is 0.192 e. The number of anilines is 1. The molecule has 11 heteroatoms. The summed E-state index contributed by atoms with van der Waals surface area (Å²) in [7, 11) is -2.15. The van der Waals surface area contributed by atoms with Gasteiger partial charge in [0.25, 0.3) is 0 Å². The highest BCUT2D eigenvalue weighted by Crippen LogP contribution is 2.50. The van der Waals surface area contributed by atoms with E-state index in [0.29, 0.717) is 23.6 Å². The molecule has 2 N–H and O–H groups in total. The van der Waals surface area contributed by atoms with Crippen molar-refractivity contribution >= 4 is 31.5 Å². The number of ether oxygens (including phenoxy) is 2. The van der Waals surface area contributed by atoms with Gasteiger partial charge < -0.3 is 24.5 Å².